The molecule has 0 aliphatic rings. The number of esters is 3. The third kappa shape index (κ3) is 64.8. The van der Waals surface area contributed by atoms with Crippen molar-refractivity contribution in [1.29, 1.82) is 0 Å². The van der Waals surface area contributed by atoms with E-state index in [-0.39, 0.29) is 37.5 Å². The molecule has 0 aromatic rings. The summed E-state index contributed by atoms with van der Waals surface area (Å²) in [5.74, 6) is -0.970. The largest absolute Gasteiger partial charge is 0.462 e. The summed E-state index contributed by atoms with van der Waals surface area (Å²) < 4.78 is 16.9. The molecule has 0 saturated heterocycles. The molecule has 0 bridgehead atoms. The van der Waals surface area contributed by atoms with Gasteiger partial charge in [0.2, 0.25) is 0 Å². The van der Waals surface area contributed by atoms with Gasteiger partial charge in [-0.3, -0.25) is 14.4 Å². The predicted octanol–water partition coefficient (Wildman–Crippen LogP) is 23.0. The van der Waals surface area contributed by atoms with E-state index in [1.165, 1.54) is 154 Å². The molecule has 0 heterocycles. The van der Waals surface area contributed by atoms with Gasteiger partial charge in [-0.25, -0.2) is 0 Å². The van der Waals surface area contributed by atoms with E-state index in [0.717, 1.165) is 116 Å². The van der Waals surface area contributed by atoms with Crippen molar-refractivity contribution in [2.45, 2.75) is 322 Å². The third-order valence-electron chi connectivity index (χ3n) is 14.3. The quantitative estimate of drug-likeness (QED) is 0.0261. The number of unbranched alkanes of at least 4 members (excludes halogenated alkanes) is 31. The average Bonchev–Trinajstić information content (AvgIpc) is 3.45. The van der Waals surface area contributed by atoms with Crippen LogP contribution in [0.5, 0.6) is 0 Å². The van der Waals surface area contributed by atoms with Gasteiger partial charge in [-0.15, -0.1) is 0 Å². The molecule has 0 aromatic heterocycles. The highest BCUT2D eigenvalue weighted by molar-refractivity contribution is 5.71. The van der Waals surface area contributed by atoms with E-state index in [2.05, 4.69) is 130 Å². The zero-order chi connectivity index (χ0) is 57.1. The van der Waals surface area contributed by atoms with Gasteiger partial charge in [0.05, 0.1) is 0 Å². The van der Waals surface area contributed by atoms with Crippen LogP contribution in [0.4, 0.5) is 0 Å². The first-order chi connectivity index (χ1) is 39.0. The zero-order valence-corrected chi connectivity index (χ0v) is 51.9. The standard InChI is InChI=1S/C73H124O6/c1-4-7-10-13-16-19-22-25-27-29-31-33-34-35-36-37-38-40-41-43-45-48-51-54-57-60-63-66-72(75)78-69-70(68-77-71(74)65-62-59-56-53-50-47-24-21-18-15-12-9-6-3)79-73(76)67-64-61-58-55-52-49-46-44-42-39-32-30-28-26-23-20-17-14-11-8-5-2/h8-9,11-12,17-18,20-21,26,28,32,39,44,46-47,50,52,55,70H,4-7,10,13-16,19,22-25,27,29-31,33-38,40-43,45,48-49,51,53-54,56-69H2,1-3H3/b11-8-,12-9-,20-17-,21-18-,28-26-,39-32-,46-44-,50-47-,55-52-. The van der Waals surface area contributed by atoms with E-state index in [1.54, 1.807) is 0 Å². The van der Waals surface area contributed by atoms with E-state index >= 15 is 0 Å². The van der Waals surface area contributed by atoms with Crippen molar-refractivity contribution < 1.29 is 28.6 Å². The molecule has 0 aliphatic heterocycles. The first-order valence-corrected chi connectivity index (χ1v) is 33.4. The predicted molar refractivity (Wildman–Crippen MR) is 343 cm³/mol. The molecule has 0 aliphatic carbocycles. The van der Waals surface area contributed by atoms with Gasteiger partial charge in [0.1, 0.15) is 13.2 Å². The molecule has 452 valence electrons. The Kier molecular flexibility index (Phi) is 63.3. The summed E-state index contributed by atoms with van der Waals surface area (Å²) in [7, 11) is 0. The fourth-order valence-corrected chi connectivity index (χ4v) is 9.35. The van der Waals surface area contributed by atoms with Gasteiger partial charge in [0, 0.05) is 19.3 Å². The van der Waals surface area contributed by atoms with Gasteiger partial charge >= 0.3 is 17.9 Å². The van der Waals surface area contributed by atoms with Gasteiger partial charge in [-0.05, 0) is 103 Å². The van der Waals surface area contributed by atoms with Crippen LogP contribution in [0.2, 0.25) is 0 Å². The molecule has 1 unspecified atom stereocenters. The van der Waals surface area contributed by atoms with Gasteiger partial charge in [-0.2, -0.15) is 0 Å². The molecule has 0 radical (unpaired) electrons. The molecule has 0 fully saturated rings. The number of carbonyl (C=O) groups excluding carboxylic acids is 3. The van der Waals surface area contributed by atoms with Gasteiger partial charge in [0.25, 0.3) is 0 Å². The fourth-order valence-electron chi connectivity index (χ4n) is 9.35. The second-order valence-electron chi connectivity index (χ2n) is 22.0. The minimum atomic E-state index is -0.815. The molecular weight excluding hydrogens is 973 g/mol. The van der Waals surface area contributed by atoms with Crippen LogP contribution in [0.1, 0.15) is 316 Å². The number of allylic oxidation sites excluding steroid dienone is 18. The highest BCUT2D eigenvalue weighted by Gasteiger charge is 2.19. The molecule has 0 aromatic carbocycles. The van der Waals surface area contributed by atoms with E-state index in [0.29, 0.717) is 19.3 Å². The summed E-state index contributed by atoms with van der Waals surface area (Å²) in [5.41, 5.74) is 0. The van der Waals surface area contributed by atoms with E-state index < -0.39 is 6.10 Å². The minimum Gasteiger partial charge on any atom is -0.462 e. The number of rotatable bonds is 60. The Labute approximate surface area is 489 Å². The maximum atomic E-state index is 12.9. The summed E-state index contributed by atoms with van der Waals surface area (Å²) >= 11 is 0. The summed E-state index contributed by atoms with van der Waals surface area (Å²) in [6.45, 7) is 6.38. The molecule has 6 heteroatoms. The van der Waals surface area contributed by atoms with Crippen LogP contribution in [-0.2, 0) is 28.6 Å². The summed E-state index contributed by atoms with van der Waals surface area (Å²) in [6.07, 6.45) is 91.2. The number of hydrogen-bond acceptors (Lipinski definition) is 6. The lowest BCUT2D eigenvalue weighted by Crippen LogP contribution is -2.30. The lowest BCUT2D eigenvalue weighted by atomic mass is 10.0. The second kappa shape index (κ2) is 66.6. The Morgan fingerprint density at radius 1 is 0.266 bits per heavy atom. The van der Waals surface area contributed by atoms with Crippen molar-refractivity contribution in [3.8, 4) is 0 Å². The van der Waals surface area contributed by atoms with Crippen molar-refractivity contribution >= 4 is 17.9 Å². The van der Waals surface area contributed by atoms with Crippen LogP contribution in [0.15, 0.2) is 109 Å². The number of ether oxygens (including phenoxy) is 3. The maximum Gasteiger partial charge on any atom is 0.306 e. The Bertz CT molecular complexity index is 1590. The summed E-state index contributed by atoms with van der Waals surface area (Å²) in [6, 6.07) is 0. The van der Waals surface area contributed by atoms with Crippen molar-refractivity contribution in [3.63, 3.8) is 0 Å². The molecular formula is C73H124O6. The lowest BCUT2D eigenvalue weighted by Gasteiger charge is -2.18. The Balaban J connectivity index is 4.34. The van der Waals surface area contributed by atoms with Crippen LogP contribution < -0.4 is 0 Å². The van der Waals surface area contributed by atoms with Crippen molar-refractivity contribution in [2.75, 3.05) is 13.2 Å². The topological polar surface area (TPSA) is 78.9 Å². The van der Waals surface area contributed by atoms with Crippen LogP contribution in [0, 0.1) is 0 Å². The highest BCUT2D eigenvalue weighted by Crippen LogP contribution is 2.17. The molecule has 0 N–H and O–H groups in total. The molecule has 0 spiro atoms. The summed E-state index contributed by atoms with van der Waals surface area (Å²) in [4.78, 5) is 38.3. The molecule has 79 heavy (non-hydrogen) atoms. The lowest BCUT2D eigenvalue weighted by molar-refractivity contribution is -0.167. The number of carbonyl (C=O) groups is 3. The average molecular weight is 1100 g/mol. The molecule has 0 amide bonds. The first kappa shape index (κ1) is 75.1. The third-order valence-corrected chi connectivity index (χ3v) is 14.3. The Morgan fingerprint density at radius 2 is 0.494 bits per heavy atom. The van der Waals surface area contributed by atoms with Crippen LogP contribution in [0.3, 0.4) is 0 Å². The van der Waals surface area contributed by atoms with Crippen LogP contribution in [-0.4, -0.2) is 37.2 Å². The monoisotopic (exact) mass is 1100 g/mol. The minimum absolute atomic E-state index is 0.104. The van der Waals surface area contributed by atoms with Gasteiger partial charge < -0.3 is 14.2 Å². The Hall–Kier alpha value is -3.93. The SMILES string of the molecule is CC/C=C\C/C=C\C/C=C\C/C=C\C/C=C\C/C=C\CCCCC(=O)OC(COC(=O)CCCCC/C=C\C/C=C\C/C=C\CC)COC(=O)CCCCCCCCCCCCCCCCCCCCCCCCCCCCC. The maximum absolute atomic E-state index is 12.9. The van der Waals surface area contributed by atoms with E-state index in [1.807, 2.05) is 0 Å². The van der Waals surface area contributed by atoms with Gasteiger partial charge in [-0.1, -0.05) is 304 Å². The highest BCUT2D eigenvalue weighted by atomic mass is 16.6. The first-order valence-electron chi connectivity index (χ1n) is 33.4. The van der Waals surface area contributed by atoms with E-state index in [9.17, 15) is 14.4 Å². The fraction of sp³-hybridized carbons (Fsp3) is 0.712. The molecule has 6 nitrogen and oxygen atoms in total. The smallest absolute Gasteiger partial charge is 0.306 e. The zero-order valence-electron chi connectivity index (χ0n) is 51.9. The number of hydrogen-bond donors (Lipinski definition) is 0. The van der Waals surface area contributed by atoms with Crippen molar-refractivity contribution in [3.05, 3.63) is 109 Å². The van der Waals surface area contributed by atoms with Crippen LogP contribution in [0.25, 0.3) is 0 Å². The molecule has 1 atom stereocenters. The molecule has 0 saturated carbocycles. The van der Waals surface area contributed by atoms with Crippen molar-refractivity contribution in [1.82, 2.24) is 0 Å². The van der Waals surface area contributed by atoms with Crippen LogP contribution >= 0.6 is 0 Å². The van der Waals surface area contributed by atoms with Gasteiger partial charge in [0.15, 0.2) is 6.10 Å². The summed E-state index contributed by atoms with van der Waals surface area (Å²) in [5, 5.41) is 0. The Morgan fingerprint density at radius 3 is 0.797 bits per heavy atom. The van der Waals surface area contributed by atoms with E-state index in [4.69, 9.17) is 14.2 Å². The normalized spacial score (nSPS) is 12.8. The second-order valence-corrected chi connectivity index (χ2v) is 22.0. The molecule has 0 rings (SSSR count). The van der Waals surface area contributed by atoms with Crippen molar-refractivity contribution in [2.24, 2.45) is 0 Å².